The van der Waals surface area contributed by atoms with Crippen molar-refractivity contribution in [3.05, 3.63) is 0 Å². The molecule has 0 aromatic carbocycles. The van der Waals surface area contributed by atoms with E-state index in [0.29, 0.717) is 10.2 Å². The summed E-state index contributed by atoms with van der Waals surface area (Å²) in [6.07, 6.45) is 9.81. The van der Waals surface area contributed by atoms with Gasteiger partial charge >= 0.3 is 0 Å². The first-order chi connectivity index (χ1) is 13.0. The third kappa shape index (κ3) is 3.73. The number of morpholine rings is 1. The highest BCUT2D eigenvalue weighted by atomic mass is 79.9. The zero-order chi connectivity index (χ0) is 18.5. The molecule has 4 nitrogen and oxygen atoms in total. The SMILES string of the molecule is O=C(CC12CC3CC(CC(Br)(C3)C1)C2)NCC1(N2CCOCC2)CCSC1. The van der Waals surface area contributed by atoms with Gasteiger partial charge in [-0.1, -0.05) is 15.9 Å². The van der Waals surface area contributed by atoms with Gasteiger partial charge in [-0.3, -0.25) is 9.69 Å². The quantitative estimate of drug-likeness (QED) is 0.643. The highest BCUT2D eigenvalue weighted by Crippen LogP contribution is 2.65. The third-order valence-electron chi connectivity index (χ3n) is 8.03. The van der Waals surface area contributed by atoms with E-state index in [2.05, 4.69) is 26.1 Å². The highest BCUT2D eigenvalue weighted by Gasteiger charge is 2.57. The Kier molecular flexibility index (Phi) is 5.10. The summed E-state index contributed by atoms with van der Waals surface area (Å²) >= 11 is 6.12. The van der Waals surface area contributed by atoms with Crippen molar-refractivity contribution in [1.29, 1.82) is 0 Å². The van der Waals surface area contributed by atoms with E-state index in [9.17, 15) is 4.79 Å². The van der Waals surface area contributed by atoms with Gasteiger partial charge in [0, 0.05) is 41.7 Å². The lowest BCUT2D eigenvalue weighted by Crippen LogP contribution is -2.59. The summed E-state index contributed by atoms with van der Waals surface area (Å²) in [6, 6.07) is 0. The summed E-state index contributed by atoms with van der Waals surface area (Å²) in [5.41, 5.74) is 0.427. The smallest absolute Gasteiger partial charge is 0.220 e. The molecule has 4 saturated carbocycles. The van der Waals surface area contributed by atoms with E-state index in [1.54, 1.807) is 0 Å². The number of ether oxygens (including phenoxy) is 1. The summed E-state index contributed by atoms with van der Waals surface area (Å²) in [5.74, 6) is 4.37. The minimum absolute atomic E-state index is 0.155. The molecule has 2 heterocycles. The predicted octanol–water partition coefficient (Wildman–Crippen LogP) is 3.43. The first kappa shape index (κ1) is 19.2. The monoisotopic (exact) mass is 456 g/mol. The van der Waals surface area contributed by atoms with E-state index in [-0.39, 0.29) is 11.0 Å². The Morgan fingerprint density at radius 2 is 1.93 bits per heavy atom. The Bertz CT molecular complexity index is 575. The lowest BCUT2D eigenvalue weighted by Gasteiger charge is -2.60. The molecule has 3 atom stereocenters. The van der Waals surface area contributed by atoms with E-state index < -0.39 is 0 Å². The number of hydrogen-bond acceptors (Lipinski definition) is 4. The van der Waals surface area contributed by atoms with Crippen molar-refractivity contribution in [1.82, 2.24) is 10.2 Å². The van der Waals surface area contributed by atoms with Gasteiger partial charge in [-0.15, -0.1) is 0 Å². The van der Waals surface area contributed by atoms with Crippen molar-refractivity contribution in [2.45, 2.75) is 61.2 Å². The molecule has 0 radical (unpaired) electrons. The van der Waals surface area contributed by atoms with Crippen molar-refractivity contribution in [3.63, 3.8) is 0 Å². The van der Waals surface area contributed by atoms with Crippen LogP contribution in [0.25, 0.3) is 0 Å². The molecule has 6 fully saturated rings. The van der Waals surface area contributed by atoms with Crippen LogP contribution in [0.2, 0.25) is 0 Å². The number of halogens is 1. The molecule has 0 aromatic heterocycles. The van der Waals surface area contributed by atoms with Crippen LogP contribution in [0.3, 0.4) is 0 Å². The predicted molar refractivity (Wildman–Crippen MR) is 113 cm³/mol. The maximum Gasteiger partial charge on any atom is 0.220 e. The van der Waals surface area contributed by atoms with Crippen molar-refractivity contribution in [2.75, 3.05) is 44.4 Å². The third-order valence-corrected chi connectivity index (χ3v) is 10.2. The molecule has 6 rings (SSSR count). The van der Waals surface area contributed by atoms with Crippen molar-refractivity contribution in [3.8, 4) is 0 Å². The molecule has 4 bridgehead atoms. The van der Waals surface area contributed by atoms with Gasteiger partial charge in [-0.2, -0.15) is 11.8 Å². The van der Waals surface area contributed by atoms with Crippen LogP contribution in [0, 0.1) is 17.3 Å². The highest BCUT2D eigenvalue weighted by molar-refractivity contribution is 9.10. The minimum atomic E-state index is 0.155. The number of amides is 1. The van der Waals surface area contributed by atoms with Crippen LogP contribution in [0.4, 0.5) is 0 Å². The van der Waals surface area contributed by atoms with E-state index in [0.717, 1.165) is 56.9 Å². The van der Waals surface area contributed by atoms with Crippen LogP contribution >= 0.6 is 27.7 Å². The average Bonchev–Trinajstić information content (AvgIpc) is 3.08. The van der Waals surface area contributed by atoms with Gasteiger partial charge in [-0.05, 0) is 67.9 Å². The minimum Gasteiger partial charge on any atom is -0.379 e. The number of carbonyl (C=O) groups excluding carboxylic acids is 1. The first-order valence-electron chi connectivity index (χ1n) is 10.8. The second-order valence-electron chi connectivity index (χ2n) is 10.2. The summed E-state index contributed by atoms with van der Waals surface area (Å²) in [5, 5.41) is 3.40. The molecule has 2 saturated heterocycles. The Labute approximate surface area is 176 Å². The first-order valence-corrected chi connectivity index (χ1v) is 12.8. The molecule has 2 aliphatic heterocycles. The van der Waals surface area contributed by atoms with Crippen LogP contribution in [-0.2, 0) is 9.53 Å². The van der Waals surface area contributed by atoms with Crippen LogP contribution in [0.15, 0.2) is 0 Å². The van der Waals surface area contributed by atoms with E-state index >= 15 is 0 Å². The van der Waals surface area contributed by atoms with Crippen LogP contribution < -0.4 is 5.32 Å². The number of thioether (sulfide) groups is 1. The Morgan fingerprint density at radius 1 is 1.19 bits per heavy atom. The zero-order valence-electron chi connectivity index (χ0n) is 16.3. The fraction of sp³-hybridized carbons (Fsp3) is 0.952. The molecular weight excluding hydrogens is 424 g/mol. The number of carbonyl (C=O) groups is 1. The van der Waals surface area contributed by atoms with Crippen molar-refractivity contribution in [2.24, 2.45) is 17.3 Å². The van der Waals surface area contributed by atoms with Crippen molar-refractivity contribution < 1.29 is 9.53 Å². The lowest BCUT2D eigenvalue weighted by molar-refractivity contribution is -0.129. The Morgan fingerprint density at radius 3 is 2.56 bits per heavy atom. The second kappa shape index (κ2) is 7.17. The number of nitrogens with zero attached hydrogens (tertiary/aromatic N) is 1. The zero-order valence-corrected chi connectivity index (χ0v) is 18.7. The lowest BCUT2D eigenvalue weighted by atomic mass is 9.48. The van der Waals surface area contributed by atoms with Gasteiger partial charge in [0.1, 0.15) is 0 Å². The molecule has 152 valence electrons. The fourth-order valence-electron chi connectivity index (χ4n) is 7.34. The summed E-state index contributed by atoms with van der Waals surface area (Å²) < 4.78 is 5.90. The normalized spacial score (nSPS) is 46.7. The molecule has 1 N–H and O–H groups in total. The molecule has 0 aromatic rings. The molecule has 4 aliphatic carbocycles. The van der Waals surface area contributed by atoms with E-state index in [1.165, 1.54) is 50.7 Å². The molecule has 27 heavy (non-hydrogen) atoms. The van der Waals surface area contributed by atoms with Crippen LogP contribution in [0.1, 0.15) is 51.4 Å². The molecule has 1 amide bonds. The van der Waals surface area contributed by atoms with E-state index in [4.69, 9.17) is 4.74 Å². The van der Waals surface area contributed by atoms with Gasteiger partial charge in [0.25, 0.3) is 0 Å². The standard InChI is InChI=1S/C21H33BrN2O2S/c22-20-10-16-7-17(11-20)9-19(8-16,13-20)12-18(25)23-14-21(1-6-27-15-21)24-2-4-26-5-3-24/h16-17H,1-15H2,(H,23,25). The largest absolute Gasteiger partial charge is 0.379 e. The van der Waals surface area contributed by atoms with Crippen LogP contribution in [0.5, 0.6) is 0 Å². The second-order valence-corrected chi connectivity index (χ2v) is 13.0. The number of alkyl halides is 1. The van der Waals surface area contributed by atoms with Crippen LogP contribution in [-0.4, -0.2) is 65.0 Å². The molecular formula is C21H33BrN2O2S. The molecule has 0 spiro atoms. The van der Waals surface area contributed by atoms with Crippen molar-refractivity contribution >= 4 is 33.6 Å². The maximum atomic E-state index is 13.0. The molecule has 6 aliphatic rings. The number of hydrogen-bond donors (Lipinski definition) is 1. The van der Waals surface area contributed by atoms with Gasteiger partial charge in [0.2, 0.25) is 5.91 Å². The Hall–Kier alpha value is 0.220. The summed E-state index contributed by atoms with van der Waals surface area (Å²) in [6.45, 7) is 4.51. The van der Waals surface area contributed by atoms with E-state index in [1.807, 2.05) is 11.8 Å². The van der Waals surface area contributed by atoms with Gasteiger partial charge in [0.05, 0.1) is 13.2 Å². The molecule has 6 heteroatoms. The number of rotatable bonds is 5. The topological polar surface area (TPSA) is 41.6 Å². The Balaban J connectivity index is 1.22. The number of nitrogens with one attached hydrogen (secondary N) is 1. The van der Waals surface area contributed by atoms with Gasteiger partial charge in [0.15, 0.2) is 0 Å². The summed E-state index contributed by atoms with van der Waals surface area (Å²) in [7, 11) is 0. The maximum absolute atomic E-state index is 13.0. The molecule has 3 unspecified atom stereocenters. The van der Waals surface area contributed by atoms with Gasteiger partial charge in [-0.25, -0.2) is 0 Å². The fourth-order valence-corrected chi connectivity index (χ4v) is 10.3. The van der Waals surface area contributed by atoms with Gasteiger partial charge < -0.3 is 10.1 Å². The average molecular weight is 457 g/mol. The summed E-state index contributed by atoms with van der Waals surface area (Å²) in [4.78, 5) is 15.6.